The molecule has 0 atom stereocenters. The van der Waals surface area contributed by atoms with E-state index in [4.69, 9.17) is 10.1 Å². The summed E-state index contributed by atoms with van der Waals surface area (Å²) in [6.45, 7) is 3.69. The van der Waals surface area contributed by atoms with Gasteiger partial charge >= 0.3 is 5.97 Å². The lowest BCUT2D eigenvalue weighted by atomic mass is 10.1. The van der Waals surface area contributed by atoms with E-state index in [1.54, 1.807) is 0 Å². The molecule has 0 saturated heterocycles. The molecule has 0 saturated carbocycles. The SMILES string of the molecule is CCCCCCCCCNOCCCCC(=O)OO. The van der Waals surface area contributed by atoms with Crippen LogP contribution in [0.5, 0.6) is 0 Å². The van der Waals surface area contributed by atoms with Crippen molar-refractivity contribution in [3.63, 3.8) is 0 Å². The van der Waals surface area contributed by atoms with Gasteiger partial charge in [-0.1, -0.05) is 45.4 Å². The van der Waals surface area contributed by atoms with Crippen molar-refractivity contribution in [2.45, 2.75) is 71.1 Å². The monoisotopic (exact) mass is 275 g/mol. The standard InChI is InChI=1S/C14H29NO4/c1-2-3-4-5-6-7-9-12-15-18-13-10-8-11-14(16)19-17/h15,17H,2-13H2,1H3. The number of carbonyl (C=O) groups is 1. The van der Waals surface area contributed by atoms with Crippen molar-refractivity contribution in [1.29, 1.82) is 0 Å². The van der Waals surface area contributed by atoms with E-state index in [1.165, 1.54) is 38.5 Å². The third-order valence-corrected chi connectivity index (χ3v) is 2.96. The number of hydrogen-bond acceptors (Lipinski definition) is 5. The van der Waals surface area contributed by atoms with Crippen LogP contribution in [0.1, 0.15) is 71.1 Å². The van der Waals surface area contributed by atoms with Crippen LogP contribution in [0.3, 0.4) is 0 Å². The normalized spacial score (nSPS) is 10.6. The maximum atomic E-state index is 10.6. The molecule has 0 aliphatic rings. The zero-order valence-electron chi connectivity index (χ0n) is 12.2. The zero-order valence-corrected chi connectivity index (χ0v) is 12.2. The Bertz CT molecular complexity index is 200. The average Bonchev–Trinajstić information content (AvgIpc) is 2.43. The van der Waals surface area contributed by atoms with Crippen molar-refractivity contribution < 1.29 is 19.8 Å². The summed E-state index contributed by atoms with van der Waals surface area (Å²) >= 11 is 0. The number of hydrogen-bond donors (Lipinski definition) is 2. The van der Waals surface area contributed by atoms with Gasteiger partial charge in [-0.3, -0.25) is 0 Å². The summed E-state index contributed by atoms with van der Waals surface area (Å²) in [5.41, 5.74) is 2.92. The van der Waals surface area contributed by atoms with Crippen LogP contribution in [-0.4, -0.2) is 24.4 Å². The molecule has 5 heteroatoms. The highest BCUT2D eigenvalue weighted by Crippen LogP contribution is 2.06. The fourth-order valence-electron chi connectivity index (χ4n) is 1.79. The number of carbonyl (C=O) groups excluding carboxylic acids is 1. The molecule has 5 nitrogen and oxygen atoms in total. The van der Waals surface area contributed by atoms with Crippen LogP contribution in [0.25, 0.3) is 0 Å². The van der Waals surface area contributed by atoms with E-state index < -0.39 is 5.97 Å². The van der Waals surface area contributed by atoms with E-state index in [-0.39, 0.29) is 6.42 Å². The van der Waals surface area contributed by atoms with Crippen molar-refractivity contribution >= 4 is 5.97 Å². The average molecular weight is 275 g/mol. The minimum Gasteiger partial charge on any atom is -0.302 e. The van der Waals surface area contributed by atoms with Crippen LogP contribution < -0.4 is 5.48 Å². The molecule has 2 N–H and O–H groups in total. The van der Waals surface area contributed by atoms with Gasteiger partial charge in [-0.25, -0.2) is 10.3 Å². The molecule has 19 heavy (non-hydrogen) atoms. The van der Waals surface area contributed by atoms with Crippen LogP contribution in [0, 0.1) is 0 Å². The van der Waals surface area contributed by atoms with Gasteiger partial charge in [0.15, 0.2) is 0 Å². The van der Waals surface area contributed by atoms with Crippen molar-refractivity contribution in [2.75, 3.05) is 13.2 Å². The molecule has 0 aromatic carbocycles. The van der Waals surface area contributed by atoms with Gasteiger partial charge in [0.05, 0.1) is 6.61 Å². The summed E-state index contributed by atoms with van der Waals surface area (Å²) in [6, 6.07) is 0. The lowest BCUT2D eigenvalue weighted by Gasteiger charge is -2.05. The molecule has 0 unspecified atom stereocenters. The molecule has 0 aromatic heterocycles. The van der Waals surface area contributed by atoms with Gasteiger partial charge in [0.25, 0.3) is 0 Å². The fraction of sp³-hybridized carbons (Fsp3) is 0.929. The lowest BCUT2D eigenvalue weighted by molar-refractivity contribution is -0.234. The number of unbranched alkanes of at least 4 members (excludes halogenated alkanes) is 7. The molecule has 0 amide bonds. The third-order valence-electron chi connectivity index (χ3n) is 2.96. The highest BCUT2D eigenvalue weighted by molar-refractivity contribution is 5.68. The molecule has 0 spiro atoms. The van der Waals surface area contributed by atoms with Gasteiger partial charge in [0.2, 0.25) is 0 Å². The van der Waals surface area contributed by atoms with Gasteiger partial charge in [0, 0.05) is 13.0 Å². The third kappa shape index (κ3) is 15.3. The van der Waals surface area contributed by atoms with Crippen LogP contribution >= 0.6 is 0 Å². The van der Waals surface area contributed by atoms with Gasteiger partial charge in [-0.15, -0.1) is 0 Å². The van der Waals surface area contributed by atoms with Crippen molar-refractivity contribution in [3.05, 3.63) is 0 Å². The van der Waals surface area contributed by atoms with Crippen molar-refractivity contribution in [1.82, 2.24) is 5.48 Å². The quantitative estimate of drug-likeness (QED) is 0.289. The Kier molecular flexibility index (Phi) is 14.9. The molecule has 0 aliphatic carbocycles. The Labute approximate surface area is 116 Å². The first-order chi connectivity index (χ1) is 9.31. The summed E-state index contributed by atoms with van der Waals surface area (Å²) in [6.07, 6.45) is 10.7. The fourth-order valence-corrected chi connectivity index (χ4v) is 1.79. The second-order valence-corrected chi connectivity index (χ2v) is 4.78. The highest BCUT2D eigenvalue weighted by Gasteiger charge is 2.00. The molecule has 114 valence electrons. The molecule has 0 fully saturated rings. The largest absolute Gasteiger partial charge is 0.342 e. The van der Waals surface area contributed by atoms with E-state index in [1.807, 2.05) is 0 Å². The van der Waals surface area contributed by atoms with Gasteiger partial charge < -0.3 is 9.73 Å². The first kappa shape index (κ1) is 18.4. The Balaban J connectivity index is 2.97. The van der Waals surface area contributed by atoms with Crippen molar-refractivity contribution in [3.8, 4) is 0 Å². The maximum Gasteiger partial charge on any atom is 0.342 e. The zero-order chi connectivity index (χ0) is 14.2. The topological polar surface area (TPSA) is 67.8 Å². The smallest absolute Gasteiger partial charge is 0.302 e. The molecule has 0 radical (unpaired) electrons. The van der Waals surface area contributed by atoms with E-state index in [0.717, 1.165) is 19.4 Å². The second-order valence-electron chi connectivity index (χ2n) is 4.78. The predicted octanol–water partition coefficient (Wildman–Crippen LogP) is 3.44. The first-order valence-electron chi connectivity index (χ1n) is 7.50. The summed E-state index contributed by atoms with van der Waals surface area (Å²) in [5, 5.41) is 8.03. The lowest BCUT2D eigenvalue weighted by Crippen LogP contribution is -2.16. The van der Waals surface area contributed by atoms with E-state index in [2.05, 4.69) is 17.3 Å². The minimum atomic E-state index is -0.587. The van der Waals surface area contributed by atoms with Crippen molar-refractivity contribution in [2.24, 2.45) is 0 Å². The van der Waals surface area contributed by atoms with Gasteiger partial charge in [-0.05, 0) is 19.3 Å². The van der Waals surface area contributed by atoms with Gasteiger partial charge in [-0.2, -0.15) is 5.26 Å². The Morgan fingerprint density at radius 3 is 2.37 bits per heavy atom. The van der Waals surface area contributed by atoms with E-state index in [9.17, 15) is 4.79 Å². The van der Waals surface area contributed by atoms with Gasteiger partial charge in [0.1, 0.15) is 0 Å². The van der Waals surface area contributed by atoms with Crippen LogP contribution in [0.2, 0.25) is 0 Å². The number of rotatable bonds is 14. The Morgan fingerprint density at radius 2 is 1.68 bits per heavy atom. The predicted molar refractivity (Wildman–Crippen MR) is 74.5 cm³/mol. The van der Waals surface area contributed by atoms with Crippen LogP contribution in [0.4, 0.5) is 0 Å². The van der Waals surface area contributed by atoms with E-state index >= 15 is 0 Å². The van der Waals surface area contributed by atoms with Crippen LogP contribution in [0.15, 0.2) is 0 Å². The number of hydroxylamine groups is 1. The summed E-state index contributed by atoms with van der Waals surface area (Å²) < 4.78 is 0. The second kappa shape index (κ2) is 15.4. The number of nitrogens with one attached hydrogen (secondary N) is 1. The molecular formula is C14H29NO4. The minimum absolute atomic E-state index is 0.234. The van der Waals surface area contributed by atoms with E-state index in [0.29, 0.717) is 13.0 Å². The summed E-state index contributed by atoms with van der Waals surface area (Å²) in [7, 11) is 0. The molecule has 0 aromatic rings. The first-order valence-corrected chi connectivity index (χ1v) is 7.50. The molecule has 0 aliphatic heterocycles. The summed E-state index contributed by atoms with van der Waals surface area (Å²) in [5.74, 6) is -0.587. The Hall–Kier alpha value is -0.650. The Morgan fingerprint density at radius 1 is 1.00 bits per heavy atom. The highest BCUT2D eigenvalue weighted by atomic mass is 17.1. The molecular weight excluding hydrogens is 246 g/mol. The molecule has 0 heterocycles. The van der Waals surface area contributed by atoms with Crippen LogP contribution in [-0.2, 0) is 14.5 Å². The molecule has 0 rings (SSSR count). The molecule has 0 bridgehead atoms. The maximum absolute atomic E-state index is 10.6. The summed E-state index contributed by atoms with van der Waals surface area (Å²) in [4.78, 5) is 19.4.